The summed E-state index contributed by atoms with van der Waals surface area (Å²) in [4.78, 5) is 32.0. The molecule has 34 heavy (non-hydrogen) atoms. The van der Waals surface area contributed by atoms with Gasteiger partial charge < -0.3 is 19.5 Å². The molecule has 1 aliphatic carbocycles. The topological polar surface area (TPSA) is 76.5 Å². The van der Waals surface area contributed by atoms with E-state index >= 15 is 0 Å². The highest BCUT2D eigenvalue weighted by molar-refractivity contribution is 5.93. The summed E-state index contributed by atoms with van der Waals surface area (Å²) in [5, 5.41) is 3.16. The number of ether oxygens (including phenoxy) is 1. The lowest BCUT2D eigenvalue weighted by Crippen LogP contribution is -2.44. The lowest BCUT2D eigenvalue weighted by Gasteiger charge is -2.32. The normalized spacial score (nSPS) is 21.8. The Hall–Kier alpha value is -2.74. The van der Waals surface area contributed by atoms with Gasteiger partial charge in [-0.25, -0.2) is 9.37 Å². The Morgan fingerprint density at radius 1 is 1.06 bits per heavy atom. The first-order chi connectivity index (χ1) is 16.6. The third-order valence-electron chi connectivity index (χ3n) is 7.62. The fourth-order valence-corrected chi connectivity index (χ4v) is 5.46. The Morgan fingerprint density at radius 3 is 2.53 bits per heavy atom. The van der Waals surface area contributed by atoms with Gasteiger partial charge in [0.15, 0.2) is 5.69 Å². The van der Waals surface area contributed by atoms with Crippen molar-refractivity contribution >= 4 is 11.8 Å². The van der Waals surface area contributed by atoms with Crippen molar-refractivity contribution in [2.75, 3.05) is 19.6 Å². The van der Waals surface area contributed by atoms with E-state index in [4.69, 9.17) is 4.74 Å². The maximum atomic E-state index is 13.2. The molecule has 0 bridgehead atoms. The number of carbonyl (C=O) groups is 2. The van der Waals surface area contributed by atoms with Crippen LogP contribution in [0.2, 0.25) is 0 Å². The summed E-state index contributed by atoms with van der Waals surface area (Å²) in [6, 6.07) is 6.31. The van der Waals surface area contributed by atoms with E-state index < -0.39 is 0 Å². The number of halogens is 1. The standard InChI is InChI=1S/C26H33FN4O3/c27-21-8-6-19(7-9-21)23-15-31-17-29-24(22(31)16-34-23)26(33)30-12-10-20(11-13-30)25(32)28-14-18-4-2-1-3-5-18/h6-9,17-18,20,23H,1-5,10-16H2,(H,28,32). The first-order valence-electron chi connectivity index (χ1n) is 12.6. The van der Waals surface area contributed by atoms with Gasteiger partial charge in [-0.05, 0) is 49.3 Å². The Morgan fingerprint density at radius 2 is 1.79 bits per heavy atom. The molecule has 1 aromatic heterocycles. The zero-order valence-corrected chi connectivity index (χ0v) is 19.5. The molecule has 1 N–H and O–H groups in total. The van der Waals surface area contributed by atoms with E-state index in [2.05, 4.69) is 10.3 Å². The summed E-state index contributed by atoms with van der Waals surface area (Å²) in [5.41, 5.74) is 2.10. The zero-order chi connectivity index (χ0) is 23.5. The Labute approximate surface area is 199 Å². The molecule has 2 amide bonds. The number of benzene rings is 1. The number of nitrogens with one attached hydrogen (secondary N) is 1. The molecule has 3 heterocycles. The second kappa shape index (κ2) is 10.3. The molecular formula is C26H33FN4O3. The molecule has 2 fully saturated rings. The molecule has 5 rings (SSSR count). The third kappa shape index (κ3) is 5.02. The minimum Gasteiger partial charge on any atom is -0.365 e. The van der Waals surface area contributed by atoms with Crippen LogP contribution >= 0.6 is 0 Å². The molecule has 0 spiro atoms. The molecule has 3 aliphatic rings. The van der Waals surface area contributed by atoms with Crippen LogP contribution in [0.1, 0.15) is 72.8 Å². The summed E-state index contributed by atoms with van der Waals surface area (Å²) < 4.78 is 21.2. The third-order valence-corrected chi connectivity index (χ3v) is 7.62. The van der Waals surface area contributed by atoms with Gasteiger partial charge in [-0.1, -0.05) is 31.4 Å². The second-order valence-corrected chi connectivity index (χ2v) is 9.86. The predicted molar refractivity (Wildman–Crippen MR) is 124 cm³/mol. The van der Waals surface area contributed by atoms with Gasteiger partial charge in [0.2, 0.25) is 5.91 Å². The van der Waals surface area contributed by atoms with E-state index in [1.807, 2.05) is 4.57 Å². The number of fused-ring (bicyclic) bond motifs is 1. The number of likely N-dealkylation sites (tertiary alicyclic amines) is 1. The molecule has 1 atom stereocenters. The van der Waals surface area contributed by atoms with Crippen LogP contribution in [0.3, 0.4) is 0 Å². The van der Waals surface area contributed by atoms with Crippen molar-refractivity contribution in [3.63, 3.8) is 0 Å². The van der Waals surface area contributed by atoms with E-state index in [0.717, 1.165) is 17.8 Å². The highest BCUT2D eigenvalue weighted by atomic mass is 19.1. The van der Waals surface area contributed by atoms with Gasteiger partial charge in [0.1, 0.15) is 11.9 Å². The van der Waals surface area contributed by atoms with Crippen molar-refractivity contribution < 1.29 is 18.7 Å². The quantitative estimate of drug-likeness (QED) is 0.723. The number of imidazole rings is 1. The molecule has 1 unspecified atom stereocenters. The van der Waals surface area contributed by atoms with Crippen LogP contribution in [-0.2, 0) is 22.7 Å². The number of nitrogens with zero attached hydrogens (tertiary/aromatic N) is 3. The maximum Gasteiger partial charge on any atom is 0.274 e. The molecule has 8 heteroatoms. The monoisotopic (exact) mass is 468 g/mol. The molecule has 2 aromatic rings. The first kappa shape index (κ1) is 23.0. The number of piperidine rings is 1. The van der Waals surface area contributed by atoms with Crippen LogP contribution in [-0.4, -0.2) is 45.9 Å². The number of aromatic nitrogens is 2. The molecule has 1 saturated carbocycles. The number of hydrogen-bond acceptors (Lipinski definition) is 4. The minimum atomic E-state index is -0.277. The fraction of sp³-hybridized carbons (Fsp3) is 0.577. The van der Waals surface area contributed by atoms with Crippen LogP contribution in [0.25, 0.3) is 0 Å². The van der Waals surface area contributed by atoms with Crippen LogP contribution in [0.15, 0.2) is 30.6 Å². The minimum absolute atomic E-state index is 0.0247. The number of carbonyl (C=O) groups excluding carboxylic acids is 2. The SMILES string of the molecule is O=C(NCC1CCCCC1)C1CCN(C(=O)c2ncn3c2COC(c2ccc(F)cc2)C3)CC1. The van der Waals surface area contributed by atoms with Crippen molar-refractivity contribution in [3.8, 4) is 0 Å². The number of amides is 2. The average Bonchev–Trinajstić information content (AvgIpc) is 3.31. The summed E-state index contributed by atoms with van der Waals surface area (Å²) in [6.07, 6.45) is 9.15. The predicted octanol–water partition coefficient (Wildman–Crippen LogP) is 3.84. The Kier molecular flexibility index (Phi) is 6.94. The van der Waals surface area contributed by atoms with Gasteiger partial charge in [0.25, 0.3) is 5.91 Å². The Balaban J connectivity index is 1.14. The number of rotatable bonds is 5. The van der Waals surface area contributed by atoms with Gasteiger partial charge in [0.05, 0.1) is 25.2 Å². The molecule has 1 aromatic carbocycles. The van der Waals surface area contributed by atoms with Crippen LogP contribution in [0.4, 0.5) is 4.39 Å². The largest absolute Gasteiger partial charge is 0.365 e. The summed E-state index contributed by atoms with van der Waals surface area (Å²) in [7, 11) is 0. The fourth-order valence-electron chi connectivity index (χ4n) is 5.46. The lowest BCUT2D eigenvalue weighted by molar-refractivity contribution is -0.126. The lowest BCUT2D eigenvalue weighted by atomic mass is 9.89. The molecule has 1 saturated heterocycles. The van der Waals surface area contributed by atoms with E-state index in [9.17, 15) is 14.0 Å². The molecule has 0 radical (unpaired) electrons. The molecule has 7 nitrogen and oxygen atoms in total. The molecule has 182 valence electrons. The summed E-state index contributed by atoms with van der Waals surface area (Å²) in [5.74, 6) is 0.358. The molecule has 2 aliphatic heterocycles. The first-order valence-corrected chi connectivity index (χ1v) is 12.6. The second-order valence-electron chi connectivity index (χ2n) is 9.86. The smallest absolute Gasteiger partial charge is 0.274 e. The van der Waals surface area contributed by atoms with E-state index in [1.165, 1.54) is 44.2 Å². The van der Waals surface area contributed by atoms with Gasteiger partial charge in [-0.2, -0.15) is 0 Å². The molecular weight excluding hydrogens is 435 g/mol. The van der Waals surface area contributed by atoms with E-state index in [-0.39, 0.29) is 36.3 Å². The van der Waals surface area contributed by atoms with Crippen molar-refractivity contribution in [2.24, 2.45) is 11.8 Å². The van der Waals surface area contributed by atoms with Gasteiger partial charge in [-0.15, -0.1) is 0 Å². The summed E-state index contributed by atoms with van der Waals surface area (Å²) >= 11 is 0. The summed E-state index contributed by atoms with van der Waals surface area (Å²) in [6.45, 7) is 2.72. The number of hydrogen-bond donors (Lipinski definition) is 1. The highest BCUT2D eigenvalue weighted by Gasteiger charge is 2.32. The van der Waals surface area contributed by atoms with E-state index in [0.29, 0.717) is 44.1 Å². The van der Waals surface area contributed by atoms with Crippen molar-refractivity contribution in [2.45, 2.75) is 64.2 Å². The van der Waals surface area contributed by atoms with Crippen molar-refractivity contribution in [1.82, 2.24) is 19.8 Å². The van der Waals surface area contributed by atoms with Crippen LogP contribution in [0.5, 0.6) is 0 Å². The van der Waals surface area contributed by atoms with Gasteiger partial charge >= 0.3 is 0 Å². The Bertz CT molecular complexity index is 1010. The van der Waals surface area contributed by atoms with E-state index in [1.54, 1.807) is 23.4 Å². The highest BCUT2D eigenvalue weighted by Crippen LogP contribution is 2.29. The van der Waals surface area contributed by atoms with Gasteiger partial charge in [0, 0.05) is 25.6 Å². The van der Waals surface area contributed by atoms with Crippen LogP contribution < -0.4 is 5.32 Å². The zero-order valence-electron chi connectivity index (χ0n) is 19.5. The maximum absolute atomic E-state index is 13.2. The van der Waals surface area contributed by atoms with Crippen LogP contribution in [0, 0.1) is 17.7 Å². The average molecular weight is 469 g/mol. The van der Waals surface area contributed by atoms with Crippen molar-refractivity contribution in [3.05, 3.63) is 53.4 Å². The van der Waals surface area contributed by atoms with Gasteiger partial charge in [-0.3, -0.25) is 9.59 Å². The van der Waals surface area contributed by atoms with Crippen molar-refractivity contribution in [1.29, 1.82) is 0 Å².